The number of nitrogens with one attached hydrogen (secondary N) is 1. The second-order valence-corrected chi connectivity index (χ2v) is 9.18. The summed E-state index contributed by atoms with van der Waals surface area (Å²) in [6.07, 6.45) is 4.09. The fraction of sp³-hybridized carbons (Fsp3) is 0.429. The largest absolute Gasteiger partial charge is 0.493 e. The SMILES string of the molecule is CCCCOc1cc(/C=C(\CC)C(=O)O)ccc1-c1cccc(CNCC(=O)OC(C)(C)C)c1. The van der Waals surface area contributed by atoms with Crippen molar-refractivity contribution in [3.63, 3.8) is 0 Å². The molecular weight excluding hydrogens is 430 g/mol. The third kappa shape index (κ3) is 9.02. The molecule has 0 heterocycles. The minimum atomic E-state index is -0.911. The van der Waals surface area contributed by atoms with Gasteiger partial charge < -0.3 is 19.9 Å². The van der Waals surface area contributed by atoms with E-state index in [1.807, 2.05) is 64.1 Å². The maximum absolute atomic E-state index is 11.9. The Balaban J connectivity index is 2.24. The summed E-state index contributed by atoms with van der Waals surface area (Å²) < 4.78 is 11.4. The molecule has 0 spiro atoms. The van der Waals surface area contributed by atoms with Gasteiger partial charge in [0.05, 0.1) is 13.2 Å². The summed E-state index contributed by atoms with van der Waals surface area (Å²) in [5.74, 6) is -0.472. The van der Waals surface area contributed by atoms with Crippen molar-refractivity contribution in [2.24, 2.45) is 0 Å². The molecule has 0 bridgehead atoms. The second kappa shape index (κ2) is 12.9. The highest BCUT2D eigenvalue weighted by Crippen LogP contribution is 2.32. The number of benzene rings is 2. The monoisotopic (exact) mass is 467 g/mol. The number of carboxylic acid groups (broad SMARTS) is 1. The molecule has 184 valence electrons. The van der Waals surface area contributed by atoms with Crippen LogP contribution in [0.3, 0.4) is 0 Å². The van der Waals surface area contributed by atoms with Gasteiger partial charge in [-0.05, 0) is 68.5 Å². The van der Waals surface area contributed by atoms with Crippen molar-refractivity contribution >= 4 is 18.0 Å². The molecule has 0 aliphatic carbocycles. The Bertz CT molecular complexity index is 1000. The molecule has 6 heteroatoms. The predicted octanol–water partition coefficient (Wildman–Crippen LogP) is 5.84. The van der Waals surface area contributed by atoms with Crippen molar-refractivity contribution in [2.45, 2.75) is 66.0 Å². The lowest BCUT2D eigenvalue weighted by molar-refractivity contribution is -0.153. The first-order chi connectivity index (χ1) is 16.1. The lowest BCUT2D eigenvalue weighted by Crippen LogP contribution is -2.31. The lowest BCUT2D eigenvalue weighted by atomic mass is 9.99. The zero-order chi connectivity index (χ0) is 25.1. The number of hydrogen-bond donors (Lipinski definition) is 2. The topological polar surface area (TPSA) is 84.9 Å². The second-order valence-electron chi connectivity index (χ2n) is 9.18. The van der Waals surface area contributed by atoms with Crippen molar-refractivity contribution in [2.75, 3.05) is 13.2 Å². The lowest BCUT2D eigenvalue weighted by Gasteiger charge is -2.19. The molecule has 0 aliphatic heterocycles. The van der Waals surface area contributed by atoms with Crippen LogP contribution in [0.1, 0.15) is 65.0 Å². The van der Waals surface area contributed by atoms with Gasteiger partial charge in [-0.3, -0.25) is 4.79 Å². The summed E-state index contributed by atoms with van der Waals surface area (Å²) in [7, 11) is 0. The van der Waals surface area contributed by atoms with E-state index in [1.165, 1.54) is 0 Å². The number of aliphatic carboxylic acids is 1. The third-order valence-corrected chi connectivity index (χ3v) is 5.01. The molecule has 0 unspecified atom stereocenters. The van der Waals surface area contributed by atoms with Crippen LogP contribution >= 0.6 is 0 Å². The first-order valence-electron chi connectivity index (χ1n) is 11.9. The molecular formula is C28H37NO5. The standard InChI is InChI=1S/C28H37NO5/c1-6-8-14-33-25-17-20(15-22(7-2)27(31)32)12-13-24(25)23-11-9-10-21(16-23)18-29-19-26(30)34-28(3,4)5/h9-13,15-17,29H,6-8,14,18-19H2,1-5H3,(H,31,32)/b22-15+. The average Bonchev–Trinajstić information content (AvgIpc) is 2.76. The van der Waals surface area contributed by atoms with Crippen LogP contribution in [0, 0.1) is 0 Å². The maximum atomic E-state index is 11.9. The molecule has 0 saturated carbocycles. The third-order valence-electron chi connectivity index (χ3n) is 5.01. The minimum absolute atomic E-state index is 0.136. The van der Waals surface area contributed by atoms with E-state index in [0.717, 1.165) is 40.8 Å². The Kier molecular flexibility index (Phi) is 10.3. The Hall–Kier alpha value is -3.12. The van der Waals surface area contributed by atoms with Crippen molar-refractivity contribution < 1.29 is 24.2 Å². The molecule has 0 amide bonds. The van der Waals surface area contributed by atoms with Gasteiger partial charge in [0.25, 0.3) is 0 Å². The Morgan fingerprint density at radius 1 is 1.09 bits per heavy atom. The summed E-state index contributed by atoms with van der Waals surface area (Å²) >= 11 is 0. The Morgan fingerprint density at radius 2 is 1.85 bits per heavy atom. The number of unbranched alkanes of at least 4 members (excludes halogenated alkanes) is 1. The van der Waals surface area contributed by atoms with Gasteiger partial charge >= 0.3 is 11.9 Å². The van der Waals surface area contributed by atoms with E-state index in [1.54, 1.807) is 6.08 Å². The number of ether oxygens (including phenoxy) is 2. The van der Waals surface area contributed by atoms with Gasteiger partial charge in [-0.2, -0.15) is 0 Å². The van der Waals surface area contributed by atoms with E-state index in [0.29, 0.717) is 25.1 Å². The van der Waals surface area contributed by atoms with Crippen LogP contribution < -0.4 is 10.1 Å². The molecule has 0 fully saturated rings. The van der Waals surface area contributed by atoms with E-state index < -0.39 is 11.6 Å². The zero-order valence-electron chi connectivity index (χ0n) is 20.9. The quantitative estimate of drug-likeness (QED) is 0.232. The van der Waals surface area contributed by atoms with Crippen LogP contribution in [0.25, 0.3) is 17.2 Å². The van der Waals surface area contributed by atoms with E-state index in [-0.39, 0.29) is 12.5 Å². The fourth-order valence-corrected chi connectivity index (χ4v) is 3.36. The number of carbonyl (C=O) groups excluding carboxylic acids is 1. The molecule has 6 nitrogen and oxygen atoms in total. The van der Waals surface area contributed by atoms with Gasteiger partial charge in [0.2, 0.25) is 0 Å². The number of carboxylic acids is 1. The first kappa shape index (κ1) is 27.1. The van der Waals surface area contributed by atoms with Crippen LogP contribution in [0.2, 0.25) is 0 Å². The minimum Gasteiger partial charge on any atom is -0.493 e. The Labute approximate surface area is 203 Å². The van der Waals surface area contributed by atoms with Gasteiger partial charge in [-0.15, -0.1) is 0 Å². The molecule has 2 N–H and O–H groups in total. The van der Waals surface area contributed by atoms with Gasteiger partial charge in [-0.25, -0.2) is 4.79 Å². The van der Waals surface area contributed by atoms with Crippen LogP contribution in [0.4, 0.5) is 0 Å². The van der Waals surface area contributed by atoms with Crippen molar-refractivity contribution in [3.05, 3.63) is 59.2 Å². The van der Waals surface area contributed by atoms with E-state index in [2.05, 4.69) is 18.3 Å². The van der Waals surface area contributed by atoms with Gasteiger partial charge in [0.1, 0.15) is 11.4 Å². The van der Waals surface area contributed by atoms with Crippen LogP contribution in [-0.2, 0) is 20.9 Å². The highest BCUT2D eigenvalue weighted by Gasteiger charge is 2.16. The first-order valence-corrected chi connectivity index (χ1v) is 11.9. The van der Waals surface area contributed by atoms with Gasteiger partial charge in [0, 0.05) is 17.7 Å². The smallest absolute Gasteiger partial charge is 0.331 e. The van der Waals surface area contributed by atoms with E-state index in [4.69, 9.17) is 9.47 Å². The normalized spacial score (nSPS) is 11.9. The molecule has 34 heavy (non-hydrogen) atoms. The highest BCUT2D eigenvalue weighted by atomic mass is 16.6. The van der Waals surface area contributed by atoms with Crippen LogP contribution in [-0.4, -0.2) is 35.8 Å². The van der Waals surface area contributed by atoms with Crippen LogP contribution in [0.15, 0.2) is 48.0 Å². The number of rotatable bonds is 12. The molecule has 0 radical (unpaired) electrons. The number of hydrogen-bond acceptors (Lipinski definition) is 5. The fourth-order valence-electron chi connectivity index (χ4n) is 3.36. The maximum Gasteiger partial charge on any atom is 0.331 e. The van der Waals surface area contributed by atoms with Crippen LogP contribution in [0.5, 0.6) is 5.75 Å². The number of esters is 1. The van der Waals surface area contributed by atoms with E-state index >= 15 is 0 Å². The van der Waals surface area contributed by atoms with Crippen molar-refractivity contribution in [1.82, 2.24) is 5.32 Å². The van der Waals surface area contributed by atoms with Crippen molar-refractivity contribution in [3.8, 4) is 16.9 Å². The van der Waals surface area contributed by atoms with Gasteiger partial charge in [0.15, 0.2) is 0 Å². The molecule has 2 aromatic carbocycles. The average molecular weight is 468 g/mol. The zero-order valence-corrected chi connectivity index (χ0v) is 20.9. The predicted molar refractivity (Wildman–Crippen MR) is 136 cm³/mol. The molecule has 2 aromatic rings. The Morgan fingerprint density at radius 3 is 2.50 bits per heavy atom. The summed E-state index contributed by atoms with van der Waals surface area (Å²) in [6.45, 7) is 10.7. The molecule has 0 saturated heterocycles. The summed E-state index contributed by atoms with van der Waals surface area (Å²) in [5, 5.41) is 12.5. The van der Waals surface area contributed by atoms with Crippen molar-refractivity contribution in [1.29, 1.82) is 0 Å². The molecule has 0 aromatic heterocycles. The van der Waals surface area contributed by atoms with E-state index in [9.17, 15) is 14.7 Å². The summed E-state index contributed by atoms with van der Waals surface area (Å²) in [6, 6.07) is 13.8. The van der Waals surface area contributed by atoms with Gasteiger partial charge in [-0.1, -0.05) is 50.6 Å². The molecule has 2 rings (SSSR count). The molecule has 0 aliphatic rings. The highest BCUT2D eigenvalue weighted by molar-refractivity contribution is 5.92. The summed E-state index contributed by atoms with van der Waals surface area (Å²) in [4.78, 5) is 23.4. The number of carbonyl (C=O) groups is 2. The summed E-state index contributed by atoms with van der Waals surface area (Å²) in [5.41, 5.74) is 3.61. The molecule has 0 atom stereocenters.